The van der Waals surface area contributed by atoms with Crippen molar-refractivity contribution in [3.63, 3.8) is 0 Å². The number of nitrogens with zero attached hydrogens (tertiary/aromatic N) is 3. The van der Waals surface area contributed by atoms with Gasteiger partial charge in [-0.3, -0.25) is 4.79 Å². The Balaban J connectivity index is 1.40. The van der Waals surface area contributed by atoms with Crippen molar-refractivity contribution in [2.75, 3.05) is 6.61 Å². The molecule has 0 aliphatic carbocycles. The van der Waals surface area contributed by atoms with Gasteiger partial charge in [-0.1, -0.05) is 51.4 Å². The molecule has 0 spiro atoms. The van der Waals surface area contributed by atoms with E-state index in [0.717, 1.165) is 15.7 Å². The van der Waals surface area contributed by atoms with Gasteiger partial charge < -0.3 is 14.6 Å². The largest absolute Gasteiger partial charge is 0.491 e. The number of ether oxygens (including phenoxy) is 1. The molecular weight excluding hydrogens is 539 g/mol. The van der Waals surface area contributed by atoms with E-state index in [1.807, 2.05) is 60.8 Å². The lowest BCUT2D eigenvalue weighted by atomic mass is 10.1. The number of benzene rings is 3. The van der Waals surface area contributed by atoms with Crippen molar-refractivity contribution in [1.29, 1.82) is 0 Å². The van der Waals surface area contributed by atoms with E-state index in [0.29, 0.717) is 29.2 Å². The monoisotopic (exact) mass is 560 g/mol. The van der Waals surface area contributed by atoms with Crippen molar-refractivity contribution in [3.05, 3.63) is 107 Å². The standard InChI is InChI=1S/C28H22BrFN4O3/c1-2-36-25-13-10-19(14-23(25)30)27-20(17-34(32-27)22-6-4-3-5-7-22)16-31-28(35)24-15-26(37-33-24)18-8-11-21(29)12-9-18/h3-15,17H,2,16H2,1H3,(H,31,35). The van der Waals surface area contributed by atoms with Gasteiger partial charge in [-0.2, -0.15) is 5.10 Å². The van der Waals surface area contributed by atoms with Gasteiger partial charge in [0.25, 0.3) is 5.91 Å². The van der Waals surface area contributed by atoms with Gasteiger partial charge in [0, 0.05) is 40.0 Å². The fourth-order valence-electron chi connectivity index (χ4n) is 3.81. The molecule has 0 atom stereocenters. The van der Waals surface area contributed by atoms with Crippen molar-refractivity contribution in [1.82, 2.24) is 20.3 Å². The summed E-state index contributed by atoms with van der Waals surface area (Å²) in [7, 11) is 0. The maximum Gasteiger partial charge on any atom is 0.273 e. The molecular formula is C28H22BrFN4O3. The minimum atomic E-state index is -0.480. The summed E-state index contributed by atoms with van der Waals surface area (Å²) in [4.78, 5) is 12.9. The summed E-state index contributed by atoms with van der Waals surface area (Å²) in [6, 6.07) is 23.4. The minimum Gasteiger partial charge on any atom is -0.491 e. The summed E-state index contributed by atoms with van der Waals surface area (Å²) in [6.07, 6.45) is 1.81. The van der Waals surface area contributed by atoms with Crippen molar-refractivity contribution < 1.29 is 18.4 Å². The Labute approximate surface area is 221 Å². The van der Waals surface area contributed by atoms with Crippen LogP contribution in [0.3, 0.4) is 0 Å². The van der Waals surface area contributed by atoms with Crippen LogP contribution in [0.2, 0.25) is 0 Å². The number of amides is 1. The van der Waals surface area contributed by atoms with Crippen LogP contribution in [0.5, 0.6) is 5.75 Å². The van der Waals surface area contributed by atoms with Crippen LogP contribution >= 0.6 is 15.9 Å². The number of rotatable bonds is 8. The number of aromatic nitrogens is 3. The molecule has 7 nitrogen and oxygen atoms in total. The maximum absolute atomic E-state index is 14.6. The van der Waals surface area contributed by atoms with E-state index in [1.165, 1.54) is 6.07 Å². The quantitative estimate of drug-likeness (QED) is 0.236. The second kappa shape index (κ2) is 10.8. The highest BCUT2D eigenvalue weighted by molar-refractivity contribution is 9.10. The Morgan fingerprint density at radius 1 is 1.05 bits per heavy atom. The molecule has 0 fully saturated rings. The molecule has 5 aromatic rings. The maximum atomic E-state index is 14.6. The number of carbonyl (C=O) groups excluding carboxylic acids is 1. The second-order valence-corrected chi connectivity index (χ2v) is 9.04. The minimum absolute atomic E-state index is 0.149. The number of nitrogens with one attached hydrogen (secondary N) is 1. The van der Waals surface area contributed by atoms with E-state index in [9.17, 15) is 9.18 Å². The highest BCUT2D eigenvalue weighted by Gasteiger charge is 2.18. The zero-order chi connectivity index (χ0) is 25.8. The molecule has 2 aromatic heterocycles. The molecule has 37 heavy (non-hydrogen) atoms. The lowest BCUT2D eigenvalue weighted by molar-refractivity contribution is 0.0942. The van der Waals surface area contributed by atoms with Crippen LogP contribution in [0.25, 0.3) is 28.3 Å². The number of hydrogen-bond acceptors (Lipinski definition) is 5. The second-order valence-electron chi connectivity index (χ2n) is 8.13. The van der Waals surface area contributed by atoms with Crippen molar-refractivity contribution >= 4 is 21.8 Å². The van der Waals surface area contributed by atoms with Gasteiger partial charge in [-0.25, -0.2) is 9.07 Å². The van der Waals surface area contributed by atoms with Gasteiger partial charge in [0.05, 0.1) is 18.0 Å². The van der Waals surface area contributed by atoms with Crippen LogP contribution in [0.15, 0.2) is 94.1 Å². The third-order valence-electron chi connectivity index (χ3n) is 5.63. The van der Waals surface area contributed by atoms with Crippen LogP contribution in [-0.4, -0.2) is 27.5 Å². The number of hydrogen-bond donors (Lipinski definition) is 1. The van der Waals surface area contributed by atoms with Gasteiger partial charge in [0.15, 0.2) is 23.0 Å². The summed E-state index contributed by atoms with van der Waals surface area (Å²) in [5.74, 6) is -0.216. The van der Waals surface area contributed by atoms with Crippen LogP contribution in [-0.2, 0) is 6.54 Å². The molecule has 3 aromatic carbocycles. The highest BCUT2D eigenvalue weighted by atomic mass is 79.9. The third-order valence-corrected chi connectivity index (χ3v) is 6.16. The average molecular weight is 561 g/mol. The molecule has 1 N–H and O–H groups in total. The molecule has 186 valence electrons. The van der Waals surface area contributed by atoms with E-state index in [2.05, 4.69) is 31.5 Å². The fourth-order valence-corrected chi connectivity index (χ4v) is 4.08. The Morgan fingerprint density at radius 3 is 2.54 bits per heavy atom. The first-order valence-corrected chi connectivity index (χ1v) is 12.4. The first kappa shape index (κ1) is 24.5. The van der Waals surface area contributed by atoms with Crippen molar-refractivity contribution in [3.8, 4) is 34.0 Å². The Bertz CT molecular complexity index is 1530. The molecule has 1 amide bonds. The fraction of sp³-hybridized carbons (Fsp3) is 0.107. The van der Waals surface area contributed by atoms with Crippen LogP contribution in [0, 0.1) is 5.82 Å². The van der Waals surface area contributed by atoms with Gasteiger partial charge in [-0.05, 0) is 49.4 Å². The molecule has 0 aliphatic rings. The van der Waals surface area contributed by atoms with Crippen molar-refractivity contribution in [2.45, 2.75) is 13.5 Å². The molecule has 0 unspecified atom stereocenters. The molecule has 9 heteroatoms. The predicted octanol–water partition coefficient (Wildman–Crippen LogP) is 6.42. The smallest absolute Gasteiger partial charge is 0.273 e. The zero-order valence-corrected chi connectivity index (χ0v) is 21.4. The van der Waals surface area contributed by atoms with Gasteiger partial charge in [0.2, 0.25) is 0 Å². The van der Waals surface area contributed by atoms with Gasteiger partial charge in [0.1, 0.15) is 0 Å². The summed E-state index contributed by atoms with van der Waals surface area (Å²) >= 11 is 3.40. The summed E-state index contributed by atoms with van der Waals surface area (Å²) in [6.45, 7) is 2.31. The number of para-hydroxylation sites is 1. The molecule has 0 saturated carbocycles. The third kappa shape index (κ3) is 5.46. The summed E-state index contributed by atoms with van der Waals surface area (Å²) in [5.41, 5.74) is 3.61. The summed E-state index contributed by atoms with van der Waals surface area (Å²) < 4.78 is 28.0. The zero-order valence-electron chi connectivity index (χ0n) is 19.8. The lowest BCUT2D eigenvalue weighted by Crippen LogP contribution is -2.23. The average Bonchev–Trinajstić information content (AvgIpc) is 3.58. The summed E-state index contributed by atoms with van der Waals surface area (Å²) in [5, 5.41) is 11.5. The Kier molecular flexibility index (Phi) is 7.14. The Morgan fingerprint density at radius 2 is 1.81 bits per heavy atom. The van der Waals surface area contributed by atoms with Crippen LogP contribution in [0.4, 0.5) is 4.39 Å². The normalized spacial score (nSPS) is 10.9. The molecule has 0 saturated heterocycles. The molecule has 0 radical (unpaired) electrons. The number of halogens is 2. The molecule has 2 heterocycles. The molecule has 0 bridgehead atoms. The molecule has 0 aliphatic heterocycles. The van der Waals surface area contributed by atoms with E-state index in [4.69, 9.17) is 9.26 Å². The molecule has 5 rings (SSSR count). The van der Waals surface area contributed by atoms with Gasteiger partial charge >= 0.3 is 0 Å². The Hall–Kier alpha value is -4.24. The first-order valence-electron chi connectivity index (χ1n) is 11.6. The lowest BCUT2D eigenvalue weighted by Gasteiger charge is -2.07. The van der Waals surface area contributed by atoms with Gasteiger partial charge in [-0.15, -0.1) is 0 Å². The van der Waals surface area contributed by atoms with E-state index < -0.39 is 11.7 Å². The van der Waals surface area contributed by atoms with Crippen LogP contribution < -0.4 is 10.1 Å². The van der Waals surface area contributed by atoms with Crippen molar-refractivity contribution in [2.24, 2.45) is 0 Å². The van der Waals surface area contributed by atoms with Crippen LogP contribution in [0.1, 0.15) is 23.0 Å². The van der Waals surface area contributed by atoms with E-state index in [1.54, 1.807) is 29.8 Å². The number of carbonyl (C=O) groups is 1. The first-order chi connectivity index (χ1) is 18.0. The topological polar surface area (TPSA) is 82.2 Å². The predicted molar refractivity (Wildman–Crippen MR) is 141 cm³/mol. The van der Waals surface area contributed by atoms with E-state index >= 15 is 0 Å². The highest BCUT2D eigenvalue weighted by Crippen LogP contribution is 2.28. The SMILES string of the molecule is CCOc1ccc(-c2nn(-c3ccccc3)cc2CNC(=O)c2cc(-c3ccc(Br)cc3)on2)cc1F. The van der Waals surface area contributed by atoms with E-state index in [-0.39, 0.29) is 18.0 Å².